The molecule has 0 amide bonds. The topological polar surface area (TPSA) is 53.7 Å². The Hall–Kier alpha value is -1.26. The molecule has 2 N–H and O–H groups in total. The van der Waals surface area contributed by atoms with Crippen molar-refractivity contribution >= 4 is 0 Å². The van der Waals surface area contributed by atoms with Gasteiger partial charge in [-0.1, -0.05) is 13.8 Å². The highest BCUT2D eigenvalue weighted by molar-refractivity contribution is 5.48. The van der Waals surface area contributed by atoms with Crippen LogP contribution in [0.4, 0.5) is 0 Å². The van der Waals surface area contributed by atoms with Crippen molar-refractivity contribution in [3.8, 4) is 11.5 Å². The fraction of sp³-hybridized carbons (Fsp3) is 0.538. The quantitative estimate of drug-likeness (QED) is 0.774. The number of hydrogen-bond donors (Lipinski definition) is 1. The fourth-order valence-corrected chi connectivity index (χ4v) is 1.81. The molecule has 0 bridgehead atoms. The summed E-state index contributed by atoms with van der Waals surface area (Å²) in [5, 5.41) is 0. The summed E-state index contributed by atoms with van der Waals surface area (Å²) in [6.07, 6.45) is 0.726. The van der Waals surface area contributed by atoms with Crippen molar-refractivity contribution < 1.29 is 14.3 Å². The molecule has 0 radical (unpaired) electrons. The second-order valence-corrected chi connectivity index (χ2v) is 4.18. The van der Waals surface area contributed by atoms with E-state index in [1.165, 1.54) is 5.56 Å². The summed E-state index contributed by atoms with van der Waals surface area (Å²) >= 11 is 0. The number of methoxy groups -OCH3 is 2. The molecule has 0 fully saturated rings. The van der Waals surface area contributed by atoms with Crippen LogP contribution in [0.25, 0.3) is 0 Å². The lowest BCUT2D eigenvalue weighted by atomic mass is 9.97. The van der Waals surface area contributed by atoms with E-state index in [2.05, 4.69) is 24.8 Å². The van der Waals surface area contributed by atoms with E-state index < -0.39 is 0 Å². The average molecular weight is 239 g/mol. The zero-order valence-corrected chi connectivity index (χ0v) is 10.9. The van der Waals surface area contributed by atoms with Crippen molar-refractivity contribution in [2.24, 2.45) is 5.90 Å². The van der Waals surface area contributed by atoms with Gasteiger partial charge in [0.05, 0.1) is 20.8 Å². The average Bonchev–Trinajstić information content (AvgIpc) is 2.34. The number of rotatable bonds is 6. The standard InChI is InChI=1S/C13H21NO3/c1-9(2)11-7-10(5-6-17-14)12(15-3)8-13(11)16-4/h7-9H,5-6,14H2,1-4H3. The van der Waals surface area contributed by atoms with Crippen LogP contribution < -0.4 is 15.4 Å². The van der Waals surface area contributed by atoms with Gasteiger partial charge in [-0.2, -0.15) is 0 Å². The second-order valence-electron chi connectivity index (χ2n) is 4.18. The first-order chi connectivity index (χ1) is 8.13. The van der Waals surface area contributed by atoms with Crippen molar-refractivity contribution in [1.29, 1.82) is 0 Å². The Bertz CT molecular complexity index is 364. The Morgan fingerprint density at radius 3 is 2.24 bits per heavy atom. The molecular weight excluding hydrogens is 218 g/mol. The molecule has 0 saturated carbocycles. The molecule has 0 aromatic heterocycles. The minimum Gasteiger partial charge on any atom is -0.496 e. The fourth-order valence-electron chi connectivity index (χ4n) is 1.81. The van der Waals surface area contributed by atoms with Crippen LogP contribution in [0.5, 0.6) is 11.5 Å². The molecule has 4 heteroatoms. The first kappa shape index (κ1) is 13.8. The Kier molecular flexibility index (Phi) is 5.25. The van der Waals surface area contributed by atoms with E-state index in [1.54, 1.807) is 14.2 Å². The molecule has 0 atom stereocenters. The molecular formula is C13H21NO3. The Morgan fingerprint density at radius 1 is 1.12 bits per heavy atom. The molecule has 0 unspecified atom stereocenters. The first-order valence-electron chi connectivity index (χ1n) is 5.70. The van der Waals surface area contributed by atoms with Crippen LogP contribution in [0.3, 0.4) is 0 Å². The van der Waals surface area contributed by atoms with Crippen molar-refractivity contribution in [3.63, 3.8) is 0 Å². The summed E-state index contributed by atoms with van der Waals surface area (Å²) < 4.78 is 10.7. The number of nitrogens with two attached hydrogens (primary N) is 1. The van der Waals surface area contributed by atoms with Crippen molar-refractivity contribution in [1.82, 2.24) is 0 Å². The molecule has 1 aromatic carbocycles. The van der Waals surface area contributed by atoms with Gasteiger partial charge in [0, 0.05) is 12.5 Å². The molecule has 0 heterocycles. The Morgan fingerprint density at radius 2 is 1.76 bits per heavy atom. The maximum atomic E-state index is 5.37. The second kappa shape index (κ2) is 6.47. The van der Waals surface area contributed by atoms with Gasteiger partial charge in [0.25, 0.3) is 0 Å². The van der Waals surface area contributed by atoms with Gasteiger partial charge < -0.3 is 14.3 Å². The Labute approximate surface area is 103 Å². The smallest absolute Gasteiger partial charge is 0.126 e. The van der Waals surface area contributed by atoms with Gasteiger partial charge in [-0.3, -0.25) is 0 Å². The lowest BCUT2D eigenvalue weighted by molar-refractivity contribution is 0.140. The van der Waals surface area contributed by atoms with E-state index in [4.69, 9.17) is 15.4 Å². The maximum absolute atomic E-state index is 5.37. The van der Waals surface area contributed by atoms with Gasteiger partial charge in [0.1, 0.15) is 11.5 Å². The number of ether oxygens (including phenoxy) is 2. The summed E-state index contributed by atoms with van der Waals surface area (Å²) in [6.45, 7) is 4.74. The zero-order chi connectivity index (χ0) is 12.8. The van der Waals surface area contributed by atoms with Crippen LogP contribution in [0.1, 0.15) is 30.9 Å². The molecule has 0 aliphatic heterocycles. The van der Waals surface area contributed by atoms with E-state index in [9.17, 15) is 0 Å². The Balaban J connectivity index is 3.14. The highest BCUT2D eigenvalue weighted by atomic mass is 16.6. The van der Waals surface area contributed by atoms with Crippen LogP contribution in [-0.2, 0) is 11.3 Å². The summed E-state index contributed by atoms with van der Waals surface area (Å²) in [4.78, 5) is 4.62. The van der Waals surface area contributed by atoms with Gasteiger partial charge in [0.2, 0.25) is 0 Å². The summed E-state index contributed by atoms with van der Waals surface area (Å²) in [7, 11) is 3.32. The molecule has 1 rings (SSSR count). The zero-order valence-electron chi connectivity index (χ0n) is 10.9. The van der Waals surface area contributed by atoms with E-state index in [1.807, 2.05) is 6.07 Å². The molecule has 1 aromatic rings. The van der Waals surface area contributed by atoms with Gasteiger partial charge in [0.15, 0.2) is 0 Å². The van der Waals surface area contributed by atoms with E-state index >= 15 is 0 Å². The van der Waals surface area contributed by atoms with E-state index in [0.29, 0.717) is 12.5 Å². The van der Waals surface area contributed by atoms with Crippen LogP contribution >= 0.6 is 0 Å². The first-order valence-corrected chi connectivity index (χ1v) is 5.70. The summed E-state index contributed by atoms with van der Waals surface area (Å²) in [6, 6.07) is 4.02. The molecule has 0 aliphatic rings. The van der Waals surface area contributed by atoms with Crippen LogP contribution in [0.15, 0.2) is 12.1 Å². The van der Waals surface area contributed by atoms with E-state index in [0.717, 1.165) is 23.5 Å². The van der Waals surface area contributed by atoms with Gasteiger partial charge in [-0.05, 0) is 23.1 Å². The van der Waals surface area contributed by atoms with Crippen LogP contribution in [-0.4, -0.2) is 20.8 Å². The third-order valence-electron chi connectivity index (χ3n) is 2.74. The minimum absolute atomic E-state index is 0.397. The van der Waals surface area contributed by atoms with Crippen LogP contribution in [0, 0.1) is 0 Å². The van der Waals surface area contributed by atoms with Gasteiger partial charge in [-0.25, -0.2) is 5.90 Å². The lowest BCUT2D eigenvalue weighted by Gasteiger charge is -2.16. The van der Waals surface area contributed by atoms with Gasteiger partial charge >= 0.3 is 0 Å². The van der Waals surface area contributed by atoms with E-state index in [-0.39, 0.29) is 0 Å². The predicted molar refractivity (Wildman–Crippen MR) is 67.5 cm³/mol. The number of hydrogen-bond acceptors (Lipinski definition) is 4. The van der Waals surface area contributed by atoms with Crippen molar-refractivity contribution in [2.45, 2.75) is 26.2 Å². The van der Waals surface area contributed by atoms with Gasteiger partial charge in [-0.15, -0.1) is 0 Å². The highest BCUT2D eigenvalue weighted by Crippen LogP contribution is 2.33. The molecule has 96 valence electrons. The summed E-state index contributed by atoms with van der Waals surface area (Å²) in [5.74, 6) is 7.12. The third-order valence-corrected chi connectivity index (χ3v) is 2.74. The summed E-state index contributed by atoms with van der Waals surface area (Å²) in [5.41, 5.74) is 2.25. The molecule has 0 spiro atoms. The lowest BCUT2D eigenvalue weighted by Crippen LogP contribution is -2.06. The highest BCUT2D eigenvalue weighted by Gasteiger charge is 2.13. The molecule has 17 heavy (non-hydrogen) atoms. The number of benzene rings is 1. The van der Waals surface area contributed by atoms with Crippen LogP contribution in [0.2, 0.25) is 0 Å². The SMILES string of the molecule is COc1cc(OC)c(C(C)C)cc1CCON. The predicted octanol–water partition coefficient (Wildman–Crippen LogP) is 2.26. The van der Waals surface area contributed by atoms with Crippen molar-refractivity contribution in [3.05, 3.63) is 23.3 Å². The molecule has 4 nitrogen and oxygen atoms in total. The third kappa shape index (κ3) is 3.35. The largest absolute Gasteiger partial charge is 0.496 e. The molecule has 0 aliphatic carbocycles. The normalized spacial score (nSPS) is 10.7. The van der Waals surface area contributed by atoms with Crippen molar-refractivity contribution in [2.75, 3.05) is 20.8 Å². The minimum atomic E-state index is 0.397. The molecule has 0 saturated heterocycles. The monoisotopic (exact) mass is 239 g/mol. The maximum Gasteiger partial charge on any atom is 0.126 e.